The summed E-state index contributed by atoms with van der Waals surface area (Å²) >= 11 is 1.94. The van der Waals surface area contributed by atoms with E-state index >= 15 is 0 Å². The molecule has 1 unspecified atom stereocenters. The third kappa shape index (κ3) is 2.76. The summed E-state index contributed by atoms with van der Waals surface area (Å²) in [4.78, 5) is 17.8. The Labute approximate surface area is 127 Å². The van der Waals surface area contributed by atoms with Gasteiger partial charge in [-0.3, -0.25) is 4.40 Å². The monoisotopic (exact) mass is 303 g/mol. The van der Waals surface area contributed by atoms with E-state index < -0.39 is 5.97 Å². The molecule has 1 N–H and O–H groups in total. The van der Waals surface area contributed by atoms with Gasteiger partial charge in [0.2, 0.25) is 0 Å². The van der Waals surface area contributed by atoms with E-state index in [1.54, 1.807) is 6.08 Å². The van der Waals surface area contributed by atoms with Gasteiger partial charge in [-0.05, 0) is 25.1 Å². The van der Waals surface area contributed by atoms with Crippen LogP contribution >= 0.6 is 11.8 Å². The zero-order chi connectivity index (χ0) is 14.8. The number of anilines is 1. The first kappa shape index (κ1) is 14.0. The van der Waals surface area contributed by atoms with Crippen LogP contribution in [0.5, 0.6) is 0 Å². The van der Waals surface area contributed by atoms with E-state index in [4.69, 9.17) is 10.1 Å². The molecule has 110 valence electrons. The lowest BCUT2D eigenvalue weighted by atomic mass is 10.2. The van der Waals surface area contributed by atoms with Crippen molar-refractivity contribution in [3.63, 3.8) is 0 Å². The number of pyridine rings is 1. The highest BCUT2D eigenvalue weighted by atomic mass is 32.2. The Morgan fingerprint density at radius 1 is 1.52 bits per heavy atom. The normalized spacial score (nSPS) is 19.5. The number of carboxylic acid groups (broad SMARTS) is 1. The highest BCUT2D eigenvalue weighted by Crippen LogP contribution is 2.28. The van der Waals surface area contributed by atoms with Gasteiger partial charge in [0.25, 0.3) is 0 Å². The first-order valence-corrected chi connectivity index (χ1v) is 8.05. The minimum Gasteiger partial charge on any atom is -0.478 e. The molecule has 0 bridgehead atoms. The summed E-state index contributed by atoms with van der Waals surface area (Å²) in [5.74, 6) is 2.05. The van der Waals surface area contributed by atoms with E-state index in [-0.39, 0.29) is 0 Å². The Morgan fingerprint density at radius 3 is 3.14 bits per heavy atom. The van der Waals surface area contributed by atoms with Crippen molar-refractivity contribution in [2.75, 3.05) is 23.0 Å². The number of imidazole rings is 1. The van der Waals surface area contributed by atoms with Crippen LogP contribution in [0, 0.1) is 0 Å². The first-order chi connectivity index (χ1) is 10.2. The first-order valence-electron chi connectivity index (χ1n) is 6.89. The molecule has 0 radical (unpaired) electrons. The van der Waals surface area contributed by atoms with Crippen molar-refractivity contribution in [2.45, 2.75) is 13.0 Å². The van der Waals surface area contributed by atoms with Gasteiger partial charge in [-0.2, -0.15) is 11.8 Å². The predicted molar refractivity (Wildman–Crippen MR) is 86.0 cm³/mol. The molecule has 1 aliphatic heterocycles. The number of carboxylic acids is 1. The Bertz CT molecular complexity index is 695. The van der Waals surface area contributed by atoms with Gasteiger partial charge in [-0.25, -0.2) is 9.78 Å². The van der Waals surface area contributed by atoms with Crippen LogP contribution in [0.4, 0.5) is 5.82 Å². The smallest absolute Gasteiger partial charge is 0.328 e. The molecule has 1 saturated heterocycles. The average Bonchev–Trinajstić information content (AvgIpc) is 2.84. The van der Waals surface area contributed by atoms with Crippen LogP contribution in [0.25, 0.3) is 11.7 Å². The summed E-state index contributed by atoms with van der Waals surface area (Å²) in [7, 11) is 0. The van der Waals surface area contributed by atoms with Gasteiger partial charge >= 0.3 is 5.97 Å². The number of carbonyl (C=O) groups is 1. The van der Waals surface area contributed by atoms with Crippen molar-refractivity contribution in [3.05, 3.63) is 36.2 Å². The van der Waals surface area contributed by atoms with E-state index in [1.165, 1.54) is 6.08 Å². The van der Waals surface area contributed by atoms with Gasteiger partial charge in [-0.1, -0.05) is 6.07 Å². The molecule has 3 rings (SSSR count). The third-order valence-electron chi connectivity index (χ3n) is 3.57. The number of fused-ring (bicyclic) bond motifs is 1. The number of hydrogen-bond acceptors (Lipinski definition) is 4. The summed E-state index contributed by atoms with van der Waals surface area (Å²) in [6.07, 6.45) is 4.71. The van der Waals surface area contributed by atoms with Crippen molar-refractivity contribution in [1.29, 1.82) is 0 Å². The van der Waals surface area contributed by atoms with Crippen molar-refractivity contribution in [1.82, 2.24) is 9.38 Å². The SMILES string of the molecule is CC1CSCCN1c1nc2ccccn2c1C=CC(=O)O. The predicted octanol–water partition coefficient (Wildman–Crippen LogP) is 2.37. The molecule has 2 aromatic rings. The van der Waals surface area contributed by atoms with Crippen LogP contribution < -0.4 is 4.90 Å². The van der Waals surface area contributed by atoms with Crippen molar-refractivity contribution < 1.29 is 9.90 Å². The molecule has 1 atom stereocenters. The van der Waals surface area contributed by atoms with Crippen molar-refractivity contribution in [2.24, 2.45) is 0 Å². The van der Waals surface area contributed by atoms with Gasteiger partial charge in [-0.15, -0.1) is 0 Å². The van der Waals surface area contributed by atoms with Gasteiger partial charge in [0, 0.05) is 36.4 Å². The Kier molecular flexibility index (Phi) is 3.88. The second kappa shape index (κ2) is 5.81. The number of rotatable bonds is 3. The fourth-order valence-corrected chi connectivity index (χ4v) is 3.57. The minimum atomic E-state index is -0.950. The third-order valence-corrected chi connectivity index (χ3v) is 4.76. The van der Waals surface area contributed by atoms with Gasteiger partial charge in [0.1, 0.15) is 5.65 Å². The van der Waals surface area contributed by atoms with Gasteiger partial charge in [0.15, 0.2) is 5.82 Å². The topological polar surface area (TPSA) is 57.8 Å². The molecule has 0 spiro atoms. The van der Waals surface area contributed by atoms with Crippen LogP contribution in [0.1, 0.15) is 12.6 Å². The lowest BCUT2D eigenvalue weighted by Crippen LogP contribution is -2.41. The minimum absolute atomic E-state index is 0.394. The molecule has 6 heteroatoms. The largest absolute Gasteiger partial charge is 0.478 e. The molecule has 0 aromatic carbocycles. The fraction of sp³-hybridized carbons (Fsp3) is 0.333. The number of aliphatic carboxylic acids is 1. The molecular formula is C15H17N3O2S. The molecule has 0 saturated carbocycles. The molecule has 0 aliphatic carbocycles. The molecule has 2 aromatic heterocycles. The molecule has 1 fully saturated rings. The van der Waals surface area contributed by atoms with Gasteiger partial charge in [0.05, 0.1) is 5.69 Å². The summed E-state index contributed by atoms with van der Waals surface area (Å²) < 4.78 is 1.93. The van der Waals surface area contributed by atoms with E-state index in [0.717, 1.165) is 35.2 Å². The maximum absolute atomic E-state index is 10.8. The molecular weight excluding hydrogens is 286 g/mol. The van der Waals surface area contributed by atoms with Crippen LogP contribution in [-0.2, 0) is 4.79 Å². The van der Waals surface area contributed by atoms with Crippen LogP contribution in [0.15, 0.2) is 30.5 Å². The number of aromatic nitrogens is 2. The number of thioether (sulfide) groups is 1. The number of nitrogens with zero attached hydrogens (tertiary/aromatic N) is 3. The quantitative estimate of drug-likeness (QED) is 0.882. The molecule has 1 aliphatic rings. The molecule has 5 nitrogen and oxygen atoms in total. The van der Waals surface area contributed by atoms with Crippen LogP contribution in [-0.4, -0.2) is 44.6 Å². The molecule has 3 heterocycles. The van der Waals surface area contributed by atoms with Crippen LogP contribution in [0.3, 0.4) is 0 Å². The molecule has 21 heavy (non-hydrogen) atoms. The van der Waals surface area contributed by atoms with E-state index in [0.29, 0.717) is 6.04 Å². The Balaban J connectivity index is 2.11. The zero-order valence-electron chi connectivity index (χ0n) is 11.8. The van der Waals surface area contributed by atoms with Gasteiger partial charge < -0.3 is 10.0 Å². The summed E-state index contributed by atoms with van der Waals surface area (Å²) in [6, 6.07) is 6.19. The highest BCUT2D eigenvalue weighted by molar-refractivity contribution is 7.99. The maximum Gasteiger partial charge on any atom is 0.328 e. The van der Waals surface area contributed by atoms with Crippen LogP contribution in [0.2, 0.25) is 0 Å². The summed E-state index contributed by atoms with van der Waals surface area (Å²) in [5, 5.41) is 8.90. The summed E-state index contributed by atoms with van der Waals surface area (Å²) in [5.41, 5.74) is 1.66. The van der Waals surface area contributed by atoms with E-state index in [9.17, 15) is 4.79 Å². The summed E-state index contributed by atoms with van der Waals surface area (Å²) in [6.45, 7) is 3.12. The van der Waals surface area contributed by atoms with E-state index in [2.05, 4.69) is 11.8 Å². The number of hydrogen-bond donors (Lipinski definition) is 1. The Morgan fingerprint density at radius 2 is 2.38 bits per heavy atom. The standard InChI is InChI=1S/C15H17N3O2S/c1-11-10-21-9-8-17(11)15-12(5-6-14(19)20)18-7-3-2-4-13(18)16-15/h2-7,11H,8-10H2,1H3,(H,19,20). The molecule has 0 amide bonds. The van der Waals surface area contributed by atoms with Crippen molar-refractivity contribution in [3.8, 4) is 0 Å². The Hall–Kier alpha value is -1.95. The fourth-order valence-electron chi connectivity index (χ4n) is 2.56. The lowest BCUT2D eigenvalue weighted by molar-refractivity contribution is -0.131. The van der Waals surface area contributed by atoms with Crippen molar-refractivity contribution >= 4 is 35.3 Å². The zero-order valence-corrected chi connectivity index (χ0v) is 12.6. The van der Waals surface area contributed by atoms with E-state index in [1.807, 2.05) is 40.6 Å². The highest BCUT2D eigenvalue weighted by Gasteiger charge is 2.24. The average molecular weight is 303 g/mol. The maximum atomic E-state index is 10.8. The second-order valence-corrected chi connectivity index (χ2v) is 6.19. The lowest BCUT2D eigenvalue weighted by Gasteiger charge is -2.33. The second-order valence-electron chi connectivity index (χ2n) is 5.04.